The SMILES string of the molecule is CCCOC(=O)CCCCc1c(C)nc(N)[nH]c1=O. The molecule has 19 heavy (non-hydrogen) atoms. The minimum Gasteiger partial charge on any atom is -0.466 e. The number of rotatable bonds is 7. The number of aryl methyl sites for hydroxylation is 1. The van der Waals surface area contributed by atoms with Gasteiger partial charge in [0.15, 0.2) is 0 Å². The number of aromatic nitrogens is 2. The van der Waals surface area contributed by atoms with E-state index in [-0.39, 0.29) is 17.5 Å². The average Bonchev–Trinajstić information content (AvgIpc) is 2.34. The van der Waals surface area contributed by atoms with Crippen molar-refractivity contribution in [2.24, 2.45) is 0 Å². The molecule has 0 fully saturated rings. The topological polar surface area (TPSA) is 98.1 Å². The van der Waals surface area contributed by atoms with Crippen molar-refractivity contribution in [1.29, 1.82) is 0 Å². The smallest absolute Gasteiger partial charge is 0.305 e. The van der Waals surface area contributed by atoms with Gasteiger partial charge in [-0.1, -0.05) is 6.92 Å². The van der Waals surface area contributed by atoms with Crippen LogP contribution in [0.1, 0.15) is 43.9 Å². The maximum Gasteiger partial charge on any atom is 0.305 e. The maximum absolute atomic E-state index is 11.7. The molecule has 0 aliphatic rings. The molecular weight excluding hydrogens is 246 g/mol. The van der Waals surface area contributed by atoms with Crippen LogP contribution >= 0.6 is 0 Å². The number of ether oxygens (including phenoxy) is 1. The van der Waals surface area contributed by atoms with Gasteiger partial charge in [0.25, 0.3) is 5.56 Å². The van der Waals surface area contributed by atoms with Crippen molar-refractivity contribution >= 4 is 11.9 Å². The van der Waals surface area contributed by atoms with Crippen LogP contribution in [0.25, 0.3) is 0 Å². The first kappa shape index (κ1) is 15.2. The van der Waals surface area contributed by atoms with E-state index in [0.717, 1.165) is 12.8 Å². The van der Waals surface area contributed by atoms with Gasteiger partial charge in [0.1, 0.15) is 0 Å². The summed E-state index contributed by atoms with van der Waals surface area (Å²) in [5.74, 6) is -0.0442. The summed E-state index contributed by atoms with van der Waals surface area (Å²) in [6.45, 7) is 4.19. The minimum atomic E-state index is -0.196. The first-order chi connectivity index (χ1) is 9.04. The fourth-order valence-corrected chi connectivity index (χ4v) is 1.79. The number of hydrogen-bond donors (Lipinski definition) is 2. The monoisotopic (exact) mass is 267 g/mol. The number of carbonyl (C=O) groups is 1. The Kier molecular flexibility index (Phi) is 6.05. The van der Waals surface area contributed by atoms with E-state index < -0.39 is 0 Å². The second-order valence-electron chi connectivity index (χ2n) is 4.44. The number of esters is 1. The van der Waals surface area contributed by atoms with Gasteiger partial charge in [0, 0.05) is 17.7 Å². The van der Waals surface area contributed by atoms with E-state index in [4.69, 9.17) is 10.5 Å². The van der Waals surface area contributed by atoms with Crippen LogP contribution in [0.5, 0.6) is 0 Å². The molecule has 0 bridgehead atoms. The molecule has 0 aliphatic carbocycles. The Morgan fingerprint density at radius 1 is 1.42 bits per heavy atom. The van der Waals surface area contributed by atoms with Crippen LogP contribution in [0.4, 0.5) is 5.95 Å². The highest BCUT2D eigenvalue weighted by Crippen LogP contribution is 2.07. The first-order valence-corrected chi connectivity index (χ1v) is 6.55. The summed E-state index contributed by atoms with van der Waals surface area (Å²) in [5, 5.41) is 0. The van der Waals surface area contributed by atoms with E-state index in [1.54, 1.807) is 6.92 Å². The number of H-pyrrole nitrogens is 1. The number of nitrogen functional groups attached to an aromatic ring is 1. The first-order valence-electron chi connectivity index (χ1n) is 6.55. The molecule has 106 valence electrons. The van der Waals surface area contributed by atoms with E-state index in [0.29, 0.717) is 37.1 Å². The number of nitrogens with zero attached hydrogens (tertiary/aromatic N) is 1. The second-order valence-corrected chi connectivity index (χ2v) is 4.44. The Labute approximate surface area is 112 Å². The molecule has 0 atom stereocenters. The van der Waals surface area contributed by atoms with Crippen LogP contribution in [-0.4, -0.2) is 22.5 Å². The highest BCUT2D eigenvalue weighted by molar-refractivity contribution is 5.69. The van der Waals surface area contributed by atoms with Gasteiger partial charge in [-0.25, -0.2) is 4.98 Å². The zero-order chi connectivity index (χ0) is 14.3. The lowest BCUT2D eigenvalue weighted by Gasteiger charge is -2.05. The summed E-state index contributed by atoms with van der Waals surface area (Å²) in [7, 11) is 0. The molecule has 1 aromatic heterocycles. The molecule has 6 heteroatoms. The summed E-state index contributed by atoms with van der Waals surface area (Å²) in [4.78, 5) is 29.4. The maximum atomic E-state index is 11.7. The Bertz CT molecular complexity index is 483. The van der Waals surface area contributed by atoms with Crippen molar-refractivity contribution in [2.45, 2.75) is 46.0 Å². The number of carbonyl (C=O) groups excluding carboxylic acids is 1. The normalized spacial score (nSPS) is 10.4. The van der Waals surface area contributed by atoms with Gasteiger partial charge in [-0.05, 0) is 32.6 Å². The highest BCUT2D eigenvalue weighted by atomic mass is 16.5. The fourth-order valence-electron chi connectivity index (χ4n) is 1.79. The molecule has 0 saturated heterocycles. The lowest BCUT2D eigenvalue weighted by Crippen LogP contribution is -2.18. The number of unbranched alkanes of at least 4 members (excludes halogenated alkanes) is 1. The molecule has 1 heterocycles. The number of aromatic amines is 1. The fraction of sp³-hybridized carbons (Fsp3) is 0.615. The van der Waals surface area contributed by atoms with Crippen LogP contribution in [-0.2, 0) is 16.0 Å². The van der Waals surface area contributed by atoms with Gasteiger partial charge >= 0.3 is 5.97 Å². The standard InChI is InChI=1S/C13H21N3O3/c1-3-8-19-11(17)7-5-4-6-10-9(2)15-13(14)16-12(10)18/h3-8H2,1-2H3,(H3,14,15,16,18). The Morgan fingerprint density at radius 3 is 2.79 bits per heavy atom. The van der Waals surface area contributed by atoms with Gasteiger partial charge in [-0.15, -0.1) is 0 Å². The number of hydrogen-bond acceptors (Lipinski definition) is 5. The summed E-state index contributed by atoms with van der Waals surface area (Å²) >= 11 is 0. The van der Waals surface area contributed by atoms with E-state index in [9.17, 15) is 9.59 Å². The Balaban J connectivity index is 2.38. The van der Waals surface area contributed by atoms with Crippen LogP contribution in [0.2, 0.25) is 0 Å². The van der Waals surface area contributed by atoms with Crippen molar-refractivity contribution < 1.29 is 9.53 Å². The van der Waals surface area contributed by atoms with Crippen LogP contribution in [0.3, 0.4) is 0 Å². The van der Waals surface area contributed by atoms with E-state index >= 15 is 0 Å². The lowest BCUT2D eigenvalue weighted by atomic mass is 10.1. The molecule has 0 aliphatic heterocycles. The highest BCUT2D eigenvalue weighted by Gasteiger charge is 2.07. The predicted octanol–water partition coefficient (Wildman–Crippen LogP) is 1.33. The summed E-state index contributed by atoms with van der Waals surface area (Å²) in [5.41, 5.74) is 6.53. The molecule has 0 aromatic carbocycles. The Hall–Kier alpha value is -1.85. The molecule has 0 saturated carbocycles. The Morgan fingerprint density at radius 2 is 2.16 bits per heavy atom. The third-order valence-corrected chi connectivity index (χ3v) is 2.77. The van der Waals surface area contributed by atoms with Gasteiger partial charge in [-0.3, -0.25) is 14.6 Å². The molecule has 0 spiro atoms. The van der Waals surface area contributed by atoms with Gasteiger partial charge < -0.3 is 10.5 Å². The number of nitrogens with one attached hydrogen (secondary N) is 1. The van der Waals surface area contributed by atoms with Crippen LogP contribution in [0.15, 0.2) is 4.79 Å². The summed E-state index contributed by atoms with van der Waals surface area (Å²) in [6.07, 6.45) is 3.26. The quantitative estimate of drug-likeness (QED) is 0.573. The van der Waals surface area contributed by atoms with E-state index in [2.05, 4.69) is 9.97 Å². The van der Waals surface area contributed by atoms with Crippen molar-refractivity contribution in [3.63, 3.8) is 0 Å². The lowest BCUT2D eigenvalue weighted by molar-refractivity contribution is -0.143. The molecule has 3 N–H and O–H groups in total. The van der Waals surface area contributed by atoms with E-state index in [1.807, 2.05) is 6.92 Å². The third-order valence-electron chi connectivity index (χ3n) is 2.77. The van der Waals surface area contributed by atoms with Gasteiger partial charge in [0.2, 0.25) is 5.95 Å². The molecule has 1 rings (SSSR count). The molecule has 6 nitrogen and oxygen atoms in total. The summed E-state index contributed by atoms with van der Waals surface area (Å²) in [6, 6.07) is 0. The largest absolute Gasteiger partial charge is 0.466 e. The molecular formula is C13H21N3O3. The van der Waals surface area contributed by atoms with Crippen molar-refractivity contribution in [2.75, 3.05) is 12.3 Å². The molecule has 1 aromatic rings. The van der Waals surface area contributed by atoms with Crippen LogP contribution < -0.4 is 11.3 Å². The van der Waals surface area contributed by atoms with Crippen molar-refractivity contribution in [3.05, 3.63) is 21.6 Å². The summed E-state index contributed by atoms with van der Waals surface area (Å²) < 4.78 is 4.97. The zero-order valence-corrected chi connectivity index (χ0v) is 11.5. The average molecular weight is 267 g/mol. The predicted molar refractivity (Wildman–Crippen MR) is 72.8 cm³/mol. The van der Waals surface area contributed by atoms with Crippen LogP contribution in [0, 0.1) is 6.92 Å². The third kappa shape index (κ3) is 5.11. The zero-order valence-electron chi connectivity index (χ0n) is 11.5. The second kappa shape index (κ2) is 7.56. The van der Waals surface area contributed by atoms with Gasteiger partial charge in [0.05, 0.1) is 6.61 Å². The number of nitrogens with two attached hydrogens (primary N) is 1. The molecule has 0 radical (unpaired) electrons. The number of anilines is 1. The van der Waals surface area contributed by atoms with Gasteiger partial charge in [-0.2, -0.15) is 0 Å². The molecule has 0 amide bonds. The molecule has 0 unspecified atom stereocenters. The van der Waals surface area contributed by atoms with Crippen molar-refractivity contribution in [1.82, 2.24) is 9.97 Å². The minimum absolute atomic E-state index is 0.134. The van der Waals surface area contributed by atoms with E-state index in [1.165, 1.54) is 0 Å². The van der Waals surface area contributed by atoms with Crippen molar-refractivity contribution in [3.8, 4) is 0 Å².